The molecule has 6 nitrogen and oxygen atoms in total. The van der Waals surface area contributed by atoms with Crippen molar-refractivity contribution in [3.63, 3.8) is 0 Å². The van der Waals surface area contributed by atoms with Crippen molar-refractivity contribution in [2.24, 2.45) is 0 Å². The molecule has 3 aromatic rings. The first-order valence-electron chi connectivity index (χ1n) is 6.12. The Kier molecular flexibility index (Phi) is 3.57. The minimum atomic E-state index is -0.522. The van der Waals surface area contributed by atoms with Gasteiger partial charge in [-0.1, -0.05) is 0 Å². The van der Waals surface area contributed by atoms with Gasteiger partial charge in [-0.2, -0.15) is 0 Å². The summed E-state index contributed by atoms with van der Waals surface area (Å²) in [5.74, 6) is -0.768. The topological polar surface area (TPSA) is 100 Å². The summed E-state index contributed by atoms with van der Waals surface area (Å²) in [7, 11) is 0. The highest BCUT2D eigenvalue weighted by atomic mass is 127. The fourth-order valence-electron chi connectivity index (χ4n) is 2.11. The standard InChI is InChI=1S/C15H9IO6/c16-22-15-13-9(18)5-11(7-1-3-8(17)4-2-7)21-12(13)6-10(19)14(15)20/h1-6,17,19-20H. The van der Waals surface area contributed by atoms with Crippen molar-refractivity contribution in [2.75, 3.05) is 0 Å². The third-order valence-corrected chi connectivity index (χ3v) is 3.60. The minimum Gasteiger partial charge on any atom is -0.508 e. The summed E-state index contributed by atoms with van der Waals surface area (Å²) in [6, 6.07) is 8.52. The highest BCUT2D eigenvalue weighted by Crippen LogP contribution is 2.42. The molecule has 0 amide bonds. The number of halogens is 1. The number of hydrogen-bond acceptors (Lipinski definition) is 6. The van der Waals surface area contributed by atoms with Crippen LogP contribution in [0.25, 0.3) is 22.3 Å². The van der Waals surface area contributed by atoms with Crippen molar-refractivity contribution in [1.82, 2.24) is 0 Å². The van der Waals surface area contributed by atoms with Gasteiger partial charge in [0.2, 0.25) is 5.75 Å². The molecule has 112 valence electrons. The SMILES string of the molecule is O=c1cc(-c2ccc(O)cc2)oc2cc(O)c(O)c(OI)c12. The van der Waals surface area contributed by atoms with Gasteiger partial charge in [-0.05, 0) is 24.3 Å². The van der Waals surface area contributed by atoms with Crippen molar-refractivity contribution >= 4 is 34.0 Å². The number of phenolic OH excluding ortho intramolecular Hbond substituents is 3. The summed E-state index contributed by atoms with van der Waals surface area (Å²) >= 11 is 1.50. The molecule has 0 unspecified atom stereocenters. The van der Waals surface area contributed by atoms with E-state index in [1.165, 1.54) is 41.2 Å². The quantitative estimate of drug-likeness (QED) is 0.441. The molecular formula is C15H9IO6. The lowest BCUT2D eigenvalue weighted by Crippen LogP contribution is -2.02. The molecule has 0 bridgehead atoms. The molecule has 22 heavy (non-hydrogen) atoms. The van der Waals surface area contributed by atoms with Crippen molar-refractivity contribution in [2.45, 2.75) is 0 Å². The molecule has 0 saturated heterocycles. The number of hydrogen-bond donors (Lipinski definition) is 3. The van der Waals surface area contributed by atoms with Crippen LogP contribution in [0.1, 0.15) is 0 Å². The average molecular weight is 412 g/mol. The normalized spacial score (nSPS) is 10.8. The second-order valence-corrected chi connectivity index (χ2v) is 4.99. The summed E-state index contributed by atoms with van der Waals surface area (Å²) < 4.78 is 10.6. The van der Waals surface area contributed by atoms with Crippen molar-refractivity contribution in [3.05, 3.63) is 46.6 Å². The molecule has 0 aliphatic heterocycles. The molecule has 0 saturated carbocycles. The number of benzene rings is 2. The predicted octanol–water partition coefficient (Wildman–Crippen LogP) is 3.31. The first kappa shape index (κ1) is 14.5. The average Bonchev–Trinajstić information content (AvgIpc) is 2.49. The largest absolute Gasteiger partial charge is 0.508 e. The zero-order chi connectivity index (χ0) is 15.9. The van der Waals surface area contributed by atoms with Crippen LogP contribution in [0.3, 0.4) is 0 Å². The van der Waals surface area contributed by atoms with E-state index in [4.69, 9.17) is 7.48 Å². The number of rotatable bonds is 2. The van der Waals surface area contributed by atoms with Crippen LogP contribution < -0.4 is 8.50 Å². The fraction of sp³-hybridized carbons (Fsp3) is 0. The van der Waals surface area contributed by atoms with Crippen LogP contribution in [-0.4, -0.2) is 15.3 Å². The van der Waals surface area contributed by atoms with Gasteiger partial charge in [0, 0.05) is 17.7 Å². The molecule has 0 atom stereocenters. The predicted molar refractivity (Wildman–Crippen MR) is 87.6 cm³/mol. The number of aromatic hydroxyl groups is 3. The zero-order valence-corrected chi connectivity index (χ0v) is 13.1. The maximum atomic E-state index is 12.3. The van der Waals surface area contributed by atoms with E-state index < -0.39 is 16.9 Å². The highest BCUT2D eigenvalue weighted by Gasteiger charge is 2.19. The molecule has 0 fully saturated rings. The Balaban J connectivity index is 2.32. The van der Waals surface area contributed by atoms with E-state index in [0.29, 0.717) is 5.56 Å². The lowest BCUT2D eigenvalue weighted by molar-refractivity contribution is 0.394. The van der Waals surface area contributed by atoms with Gasteiger partial charge in [-0.25, -0.2) is 0 Å². The Morgan fingerprint density at radius 3 is 2.36 bits per heavy atom. The Morgan fingerprint density at radius 1 is 1.05 bits per heavy atom. The third-order valence-electron chi connectivity index (χ3n) is 3.16. The lowest BCUT2D eigenvalue weighted by atomic mass is 10.1. The van der Waals surface area contributed by atoms with E-state index in [1.54, 1.807) is 12.1 Å². The summed E-state index contributed by atoms with van der Waals surface area (Å²) in [6.45, 7) is 0. The Hall–Kier alpha value is -2.42. The lowest BCUT2D eigenvalue weighted by Gasteiger charge is -2.08. The maximum Gasteiger partial charge on any atom is 0.202 e. The first-order valence-corrected chi connectivity index (χ1v) is 7.00. The molecule has 0 radical (unpaired) electrons. The summed E-state index contributed by atoms with van der Waals surface area (Å²) in [5, 5.41) is 28.8. The van der Waals surface area contributed by atoms with Crippen molar-refractivity contribution in [3.8, 4) is 34.3 Å². The monoisotopic (exact) mass is 412 g/mol. The molecule has 1 aromatic heterocycles. The summed E-state index contributed by atoms with van der Waals surface area (Å²) in [4.78, 5) is 12.3. The smallest absolute Gasteiger partial charge is 0.202 e. The van der Waals surface area contributed by atoms with Gasteiger partial charge in [0.15, 0.2) is 39.9 Å². The summed E-state index contributed by atoms with van der Waals surface area (Å²) in [5.41, 5.74) is 0.241. The van der Waals surface area contributed by atoms with Crippen molar-refractivity contribution < 1.29 is 22.8 Å². The fourth-order valence-corrected chi connectivity index (χ4v) is 2.54. The van der Waals surface area contributed by atoms with E-state index >= 15 is 0 Å². The van der Waals surface area contributed by atoms with Crippen LogP contribution >= 0.6 is 23.0 Å². The molecule has 3 rings (SSSR count). The van der Waals surface area contributed by atoms with Crippen molar-refractivity contribution in [1.29, 1.82) is 0 Å². The van der Waals surface area contributed by atoms with E-state index in [-0.39, 0.29) is 28.2 Å². The molecule has 3 N–H and O–H groups in total. The molecule has 7 heteroatoms. The maximum absolute atomic E-state index is 12.3. The molecule has 2 aromatic carbocycles. The molecule has 0 spiro atoms. The third kappa shape index (κ3) is 2.33. The first-order chi connectivity index (χ1) is 10.5. The molecule has 1 heterocycles. The summed E-state index contributed by atoms with van der Waals surface area (Å²) in [6.07, 6.45) is 0. The van der Waals surface area contributed by atoms with E-state index in [1.807, 2.05) is 0 Å². The van der Waals surface area contributed by atoms with Gasteiger partial charge in [0.05, 0.1) is 0 Å². The van der Waals surface area contributed by atoms with Gasteiger partial charge in [-0.15, -0.1) is 0 Å². The van der Waals surface area contributed by atoms with Crippen LogP contribution in [0, 0.1) is 0 Å². The van der Waals surface area contributed by atoms with Gasteiger partial charge in [0.25, 0.3) is 0 Å². The van der Waals surface area contributed by atoms with Crippen LogP contribution in [0.15, 0.2) is 45.6 Å². The molecule has 0 aliphatic carbocycles. The second-order valence-electron chi connectivity index (χ2n) is 4.55. The van der Waals surface area contributed by atoms with Crippen LogP contribution in [0.4, 0.5) is 0 Å². The number of phenols is 3. The Morgan fingerprint density at radius 2 is 1.73 bits per heavy atom. The van der Waals surface area contributed by atoms with Crippen LogP contribution in [-0.2, 0) is 0 Å². The van der Waals surface area contributed by atoms with E-state index in [2.05, 4.69) is 0 Å². The van der Waals surface area contributed by atoms with Gasteiger partial charge in [-0.3, -0.25) is 4.79 Å². The Bertz CT molecular complexity index is 914. The minimum absolute atomic E-state index is 0.0345. The zero-order valence-electron chi connectivity index (χ0n) is 10.9. The van der Waals surface area contributed by atoms with Gasteiger partial charge < -0.3 is 22.8 Å². The van der Waals surface area contributed by atoms with Crippen LogP contribution in [0.5, 0.6) is 23.0 Å². The highest BCUT2D eigenvalue weighted by molar-refractivity contribution is 14.1. The number of fused-ring (bicyclic) bond motifs is 1. The van der Waals surface area contributed by atoms with Crippen LogP contribution in [0.2, 0.25) is 0 Å². The van der Waals surface area contributed by atoms with E-state index in [9.17, 15) is 20.1 Å². The van der Waals surface area contributed by atoms with Gasteiger partial charge >= 0.3 is 0 Å². The van der Waals surface area contributed by atoms with E-state index in [0.717, 1.165) is 6.07 Å². The molecular weight excluding hydrogens is 403 g/mol. The molecule has 0 aliphatic rings. The Labute approximate surface area is 137 Å². The van der Waals surface area contributed by atoms with Gasteiger partial charge in [0.1, 0.15) is 22.5 Å². The second kappa shape index (κ2) is 5.41.